The van der Waals surface area contributed by atoms with Gasteiger partial charge in [-0.25, -0.2) is 0 Å². The Morgan fingerprint density at radius 2 is 2.07 bits per heavy atom. The molecule has 2 aromatic rings. The number of anilines is 1. The molecule has 4 heteroatoms. The first-order valence-corrected chi connectivity index (χ1v) is 10.1. The van der Waals surface area contributed by atoms with Crippen LogP contribution in [0.15, 0.2) is 61.2 Å². The molecular weight excluding hydrogens is 360 g/mol. The lowest BCUT2D eigenvalue weighted by atomic mass is 9.74. The third-order valence-electron chi connectivity index (χ3n) is 6.13. The highest BCUT2D eigenvalue weighted by Gasteiger charge is 2.57. The van der Waals surface area contributed by atoms with E-state index in [1.165, 1.54) is 16.8 Å². The highest BCUT2D eigenvalue weighted by molar-refractivity contribution is 5.84. The van der Waals surface area contributed by atoms with Crippen molar-refractivity contribution < 1.29 is 9.53 Å². The van der Waals surface area contributed by atoms with Crippen LogP contribution in [0.2, 0.25) is 0 Å². The molecule has 2 heterocycles. The van der Waals surface area contributed by atoms with Crippen molar-refractivity contribution in [2.24, 2.45) is 0 Å². The molecule has 4 nitrogen and oxygen atoms in total. The molecule has 1 atom stereocenters. The van der Waals surface area contributed by atoms with Crippen LogP contribution < -0.4 is 15.0 Å². The van der Waals surface area contributed by atoms with Gasteiger partial charge in [0.05, 0.1) is 0 Å². The maximum Gasteiger partial charge on any atom is 0.223 e. The number of carbonyl (C=O) groups excluding carboxylic acids is 1. The van der Waals surface area contributed by atoms with Crippen LogP contribution in [-0.4, -0.2) is 24.7 Å². The van der Waals surface area contributed by atoms with Crippen LogP contribution >= 0.6 is 0 Å². The molecule has 0 radical (unpaired) electrons. The minimum Gasteiger partial charge on any atom is -0.490 e. The van der Waals surface area contributed by atoms with E-state index in [1.807, 2.05) is 24.3 Å². The van der Waals surface area contributed by atoms with Crippen LogP contribution in [0.4, 0.5) is 5.69 Å². The first-order chi connectivity index (χ1) is 13.9. The van der Waals surface area contributed by atoms with Crippen molar-refractivity contribution in [2.45, 2.75) is 38.3 Å². The van der Waals surface area contributed by atoms with Crippen LogP contribution in [0.3, 0.4) is 0 Å². The van der Waals surface area contributed by atoms with E-state index in [2.05, 4.69) is 67.9 Å². The number of nitrogens with one attached hydrogen (secondary N) is 1. The Balaban J connectivity index is 1.76. The normalized spacial score (nSPS) is 22.2. The van der Waals surface area contributed by atoms with E-state index in [9.17, 15) is 4.79 Å². The lowest BCUT2D eigenvalue weighted by Crippen LogP contribution is -2.68. The lowest BCUT2D eigenvalue weighted by Gasteiger charge is -2.49. The summed E-state index contributed by atoms with van der Waals surface area (Å²) < 4.78 is 5.66. The van der Waals surface area contributed by atoms with Crippen molar-refractivity contribution in [1.29, 1.82) is 0 Å². The number of ether oxygens (including phenoxy) is 1. The van der Waals surface area contributed by atoms with E-state index in [0.29, 0.717) is 19.6 Å². The van der Waals surface area contributed by atoms with E-state index in [1.54, 1.807) is 6.08 Å². The molecule has 1 fully saturated rings. The van der Waals surface area contributed by atoms with Crippen LogP contribution in [0, 0.1) is 6.92 Å². The van der Waals surface area contributed by atoms with Gasteiger partial charge in [0, 0.05) is 24.1 Å². The van der Waals surface area contributed by atoms with Crippen LogP contribution in [0.5, 0.6) is 5.75 Å². The summed E-state index contributed by atoms with van der Waals surface area (Å²) in [5.74, 6) is 0.894. The maximum atomic E-state index is 12.5. The molecule has 0 saturated carbocycles. The molecule has 150 valence electrons. The maximum absolute atomic E-state index is 12.5. The second kappa shape index (κ2) is 7.11. The predicted molar refractivity (Wildman–Crippen MR) is 118 cm³/mol. The molecule has 2 aliphatic heterocycles. The van der Waals surface area contributed by atoms with Gasteiger partial charge in [-0.2, -0.15) is 0 Å². The molecule has 29 heavy (non-hydrogen) atoms. The SMILES string of the molecule is C=CCOc1cccc(/C=C/[C@]23NC(=O)CCN2c2ccc(C)cc2C3(C)C)c1. The summed E-state index contributed by atoms with van der Waals surface area (Å²) in [6.45, 7) is 11.4. The predicted octanol–water partition coefficient (Wildman–Crippen LogP) is 4.59. The summed E-state index contributed by atoms with van der Waals surface area (Å²) in [5.41, 5.74) is 3.85. The molecule has 0 aromatic heterocycles. The minimum absolute atomic E-state index is 0.0894. The number of carbonyl (C=O) groups is 1. The second-order valence-electron chi connectivity index (χ2n) is 8.37. The second-order valence-corrected chi connectivity index (χ2v) is 8.37. The molecule has 2 aromatic carbocycles. The fourth-order valence-electron chi connectivity index (χ4n) is 4.55. The lowest BCUT2D eigenvalue weighted by molar-refractivity contribution is -0.124. The number of hydrogen-bond acceptors (Lipinski definition) is 3. The van der Waals surface area contributed by atoms with Crippen molar-refractivity contribution >= 4 is 17.7 Å². The van der Waals surface area contributed by atoms with Gasteiger partial charge in [-0.15, -0.1) is 0 Å². The van der Waals surface area contributed by atoms with Gasteiger partial charge in [-0.05, 0) is 42.3 Å². The van der Waals surface area contributed by atoms with Gasteiger partial charge in [0.15, 0.2) is 0 Å². The Bertz CT molecular complexity index is 992. The molecule has 1 amide bonds. The van der Waals surface area contributed by atoms with Gasteiger partial charge in [0.1, 0.15) is 18.0 Å². The summed E-state index contributed by atoms with van der Waals surface area (Å²) in [5, 5.41) is 3.32. The molecular formula is C25H28N2O2. The van der Waals surface area contributed by atoms with E-state index >= 15 is 0 Å². The fourth-order valence-corrected chi connectivity index (χ4v) is 4.55. The van der Waals surface area contributed by atoms with Gasteiger partial charge >= 0.3 is 0 Å². The molecule has 0 bridgehead atoms. The molecule has 0 spiro atoms. The highest BCUT2D eigenvalue weighted by Crippen LogP contribution is 2.52. The van der Waals surface area contributed by atoms with Gasteiger partial charge in [-0.1, -0.05) is 62.4 Å². The highest BCUT2D eigenvalue weighted by atomic mass is 16.5. The smallest absolute Gasteiger partial charge is 0.223 e. The van der Waals surface area contributed by atoms with Crippen LogP contribution in [0.1, 0.15) is 37.0 Å². The zero-order chi connectivity index (χ0) is 20.6. The molecule has 0 unspecified atom stereocenters. The van der Waals surface area contributed by atoms with Crippen molar-refractivity contribution in [1.82, 2.24) is 5.32 Å². The Kier molecular flexibility index (Phi) is 4.73. The quantitative estimate of drug-likeness (QED) is 0.762. The topological polar surface area (TPSA) is 41.6 Å². The Hall–Kier alpha value is -3.01. The minimum atomic E-state index is -0.601. The van der Waals surface area contributed by atoms with Crippen LogP contribution in [-0.2, 0) is 10.2 Å². The standard InChI is InChI=1S/C25H28N2O2/c1-5-15-29-20-8-6-7-19(17-20)11-13-25-24(3,4)21-16-18(2)9-10-22(21)27(25)14-12-23(28)26-25/h5-11,13,16-17H,1,12,14-15H2,2-4H3,(H,26,28)/b13-11+/t25-/m0/s1. The number of fused-ring (bicyclic) bond motifs is 3. The van der Waals surface area contributed by atoms with Crippen molar-refractivity contribution in [3.63, 3.8) is 0 Å². The van der Waals surface area contributed by atoms with Crippen LogP contribution in [0.25, 0.3) is 6.08 Å². The fraction of sp³-hybridized carbons (Fsp3) is 0.320. The summed E-state index contributed by atoms with van der Waals surface area (Å²) in [7, 11) is 0. The van der Waals surface area contributed by atoms with E-state index in [-0.39, 0.29) is 11.3 Å². The molecule has 1 saturated heterocycles. The third kappa shape index (κ3) is 3.13. The molecule has 1 N–H and O–H groups in total. The van der Waals surface area contributed by atoms with E-state index in [0.717, 1.165) is 11.3 Å². The van der Waals surface area contributed by atoms with E-state index < -0.39 is 5.66 Å². The number of amides is 1. The van der Waals surface area contributed by atoms with Crippen molar-refractivity contribution in [3.05, 3.63) is 77.9 Å². The molecule has 2 aliphatic rings. The van der Waals surface area contributed by atoms with Gasteiger partial charge in [0.2, 0.25) is 5.91 Å². The molecule has 4 rings (SSSR count). The molecule has 0 aliphatic carbocycles. The summed E-state index contributed by atoms with van der Waals surface area (Å²) >= 11 is 0. The number of aryl methyl sites for hydroxylation is 1. The third-order valence-corrected chi connectivity index (χ3v) is 6.13. The first-order valence-electron chi connectivity index (χ1n) is 10.1. The summed E-state index contributed by atoms with van der Waals surface area (Å²) in [6, 6.07) is 14.5. The van der Waals surface area contributed by atoms with Crippen molar-refractivity contribution in [3.8, 4) is 5.75 Å². The summed E-state index contributed by atoms with van der Waals surface area (Å²) in [6.07, 6.45) is 6.47. The Morgan fingerprint density at radius 1 is 1.24 bits per heavy atom. The zero-order valence-electron chi connectivity index (χ0n) is 17.4. The Labute approximate surface area is 172 Å². The van der Waals surface area contributed by atoms with E-state index in [4.69, 9.17) is 4.74 Å². The number of benzene rings is 2. The van der Waals surface area contributed by atoms with Crippen molar-refractivity contribution in [2.75, 3.05) is 18.1 Å². The van der Waals surface area contributed by atoms with Gasteiger partial charge < -0.3 is 15.0 Å². The Morgan fingerprint density at radius 3 is 2.86 bits per heavy atom. The average molecular weight is 389 g/mol. The number of nitrogens with zero attached hydrogens (tertiary/aromatic N) is 1. The van der Waals surface area contributed by atoms with Gasteiger partial charge in [-0.3, -0.25) is 4.79 Å². The zero-order valence-corrected chi connectivity index (χ0v) is 17.4. The average Bonchev–Trinajstić information content (AvgIpc) is 2.89. The monoisotopic (exact) mass is 388 g/mol. The number of rotatable bonds is 5. The largest absolute Gasteiger partial charge is 0.490 e. The summed E-state index contributed by atoms with van der Waals surface area (Å²) in [4.78, 5) is 14.8. The number of hydrogen-bond donors (Lipinski definition) is 1. The van der Waals surface area contributed by atoms with Gasteiger partial charge in [0.25, 0.3) is 0 Å². The first kappa shape index (κ1) is 19.3.